The van der Waals surface area contributed by atoms with Gasteiger partial charge in [-0.05, 0) is 13.1 Å². The van der Waals surface area contributed by atoms with Crippen LogP contribution in [0.1, 0.15) is 5.56 Å². The summed E-state index contributed by atoms with van der Waals surface area (Å²) in [6.07, 6.45) is 0. The summed E-state index contributed by atoms with van der Waals surface area (Å²) < 4.78 is 13.3. The molecule has 1 unspecified atom stereocenters. The molecule has 84 valence electrons. The highest BCUT2D eigenvalue weighted by molar-refractivity contribution is 5.16. The van der Waals surface area contributed by atoms with Crippen LogP contribution in [0.3, 0.4) is 0 Å². The summed E-state index contributed by atoms with van der Waals surface area (Å²) >= 11 is 0. The minimum absolute atomic E-state index is 0.0539. The molecule has 0 bridgehead atoms. The second-order valence-electron chi connectivity index (χ2n) is 3.78. The van der Waals surface area contributed by atoms with E-state index in [-0.39, 0.29) is 11.9 Å². The van der Waals surface area contributed by atoms with Crippen molar-refractivity contribution < 1.29 is 4.39 Å². The van der Waals surface area contributed by atoms with Crippen molar-refractivity contribution >= 4 is 0 Å². The number of halogens is 1. The van der Waals surface area contributed by atoms with Crippen LogP contribution in [0, 0.1) is 5.82 Å². The lowest BCUT2D eigenvalue weighted by atomic mass is 10.2. The van der Waals surface area contributed by atoms with E-state index < -0.39 is 0 Å². The standard InChI is InChI=1S/C11H18FN3/c1-15(8-10(14)6-13)7-9-4-2-3-5-11(9)12/h2-5,10H,6-8,13-14H2,1H3. The molecular weight excluding hydrogens is 193 g/mol. The average Bonchev–Trinajstić information content (AvgIpc) is 2.21. The van der Waals surface area contributed by atoms with Gasteiger partial charge in [-0.3, -0.25) is 0 Å². The highest BCUT2D eigenvalue weighted by atomic mass is 19.1. The van der Waals surface area contributed by atoms with Gasteiger partial charge >= 0.3 is 0 Å². The largest absolute Gasteiger partial charge is 0.329 e. The summed E-state index contributed by atoms with van der Waals surface area (Å²) in [5, 5.41) is 0. The fraction of sp³-hybridized carbons (Fsp3) is 0.455. The zero-order valence-corrected chi connectivity index (χ0v) is 8.99. The summed E-state index contributed by atoms with van der Waals surface area (Å²) in [5.41, 5.74) is 11.8. The molecule has 0 aliphatic carbocycles. The van der Waals surface area contributed by atoms with Gasteiger partial charge in [0.05, 0.1) is 0 Å². The zero-order valence-electron chi connectivity index (χ0n) is 8.99. The van der Waals surface area contributed by atoms with Crippen molar-refractivity contribution in [3.8, 4) is 0 Å². The van der Waals surface area contributed by atoms with Crippen LogP contribution in [-0.2, 0) is 6.54 Å². The van der Waals surface area contributed by atoms with Crippen LogP contribution in [0.5, 0.6) is 0 Å². The molecule has 0 saturated heterocycles. The van der Waals surface area contributed by atoms with Crippen molar-refractivity contribution in [1.29, 1.82) is 0 Å². The first kappa shape index (κ1) is 12.1. The molecule has 0 spiro atoms. The van der Waals surface area contributed by atoms with E-state index in [0.717, 1.165) is 0 Å². The third-order valence-corrected chi connectivity index (χ3v) is 2.25. The maximum atomic E-state index is 13.3. The third kappa shape index (κ3) is 3.95. The van der Waals surface area contributed by atoms with Gasteiger partial charge in [0.15, 0.2) is 0 Å². The van der Waals surface area contributed by atoms with E-state index in [9.17, 15) is 4.39 Å². The van der Waals surface area contributed by atoms with Gasteiger partial charge in [0.2, 0.25) is 0 Å². The fourth-order valence-electron chi connectivity index (χ4n) is 1.46. The molecule has 0 aliphatic heterocycles. The van der Waals surface area contributed by atoms with Crippen LogP contribution >= 0.6 is 0 Å². The van der Waals surface area contributed by atoms with E-state index in [4.69, 9.17) is 11.5 Å². The number of benzene rings is 1. The Morgan fingerprint density at radius 1 is 1.40 bits per heavy atom. The number of nitrogens with zero attached hydrogens (tertiary/aromatic N) is 1. The molecule has 0 aliphatic rings. The quantitative estimate of drug-likeness (QED) is 0.747. The van der Waals surface area contributed by atoms with Gasteiger partial charge in [0.25, 0.3) is 0 Å². The lowest BCUT2D eigenvalue weighted by Gasteiger charge is -2.20. The summed E-state index contributed by atoms with van der Waals surface area (Å²) in [7, 11) is 1.90. The van der Waals surface area contributed by atoms with Crippen molar-refractivity contribution in [2.75, 3.05) is 20.1 Å². The number of likely N-dealkylation sites (N-methyl/N-ethyl adjacent to an activating group) is 1. The molecular formula is C11H18FN3. The molecule has 1 aromatic rings. The Morgan fingerprint density at radius 3 is 2.67 bits per heavy atom. The van der Waals surface area contributed by atoms with Crippen LogP contribution < -0.4 is 11.5 Å². The topological polar surface area (TPSA) is 55.3 Å². The van der Waals surface area contributed by atoms with Crippen LogP contribution in [0.25, 0.3) is 0 Å². The van der Waals surface area contributed by atoms with Crippen molar-refractivity contribution in [1.82, 2.24) is 4.90 Å². The Labute approximate surface area is 89.9 Å². The van der Waals surface area contributed by atoms with Crippen molar-refractivity contribution in [3.63, 3.8) is 0 Å². The van der Waals surface area contributed by atoms with Gasteiger partial charge in [-0.25, -0.2) is 4.39 Å². The number of rotatable bonds is 5. The highest BCUT2D eigenvalue weighted by Gasteiger charge is 2.07. The Balaban J connectivity index is 2.51. The highest BCUT2D eigenvalue weighted by Crippen LogP contribution is 2.08. The number of nitrogens with two attached hydrogens (primary N) is 2. The molecule has 1 aromatic carbocycles. The molecule has 0 saturated carbocycles. The summed E-state index contributed by atoms with van der Waals surface area (Å²) in [4.78, 5) is 1.97. The van der Waals surface area contributed by atoms with Gasteiger partial charge in [-0.1, -0.05) is 18.2 Å². The predicted octanol–water partition coefficient (Wildman–Crippen LogP) is 0.544. The van der Waals surface area contributed by atoms with Crippen LogP contribution in [-0.4, -0.2) is 31.1 Å². The normalized spacial score (nSPS) is 13.1. The molecule has 0 amide bonds. The zero-order chi connectivity index (χ0) is 11.3. The van der Waals surface area contributed by atoms with Crippen molar-refractivity contribution in [3.05, 3.63) is 35.6 Å². The third-order valence-electron chi connectivity index (χ3n) is 2.25. The van der Waals surface area contributed by atoms with Gasteiger partial charge in [0, 0.05) is 31.2 Å². The van der Waals surface area contributed by atoms with Gasteiger partial charge in [-0.2, -0.15) is 0 Å². The molecule has 3 nitrogen and oxygen atoms in total. The smallest absolute Gasteiger partial charge is 0.127 e. The lowest BCUT2D eigenvalue weighted by Crippen LogP contribution is -2.40. The molecule has 0 fully saturated rings. The summed E-state index contributed by atoms with van der Waals surface area (Å²) in [6, 6.07) is 6.70. The van der Waals surface area contributed by atoms with Crippen molar-refractivity contribution in [2.24, 2.45) is 11.5 Å². The SMILES string of the molecule is CN(Cc1ccccc1F)CC(N)CN. The maximum Gasteiger partial charge on any atom is 0.127 e. The van der Waals surface area contributed by atoms with E-state index in [1.165, 1.54) is 6.07 Å². The average molecular weight is 211 g/mol. The van der Waals surface area contributed by atoms with Gasteiger partial charge < -0.3 is 16.4 Å². The summed E-state index contributed by atoms with van der Waals surface area (Å²) in [6.45, 7) is 1.67. The van der Waals surface area contributed by atoms with Crippen molar-refractivity contribution in [2.45, 2.75) is 12.6 Å². The van der Waals surface area contributed by atoms with E-state index >= 15 is 0 Å². The first-order chi connectivity index (χ1) is 7.13. The Kier molecular flexibility index (Phi) is 4.68. The molecule has 0 heterocycles. The van der Waals surface area contributed by atoms with Gasteiger partial charge in [0.1, 0.15) is 5.82 Å². The minimum atomic E-state index is -0.175. The predicted molar refractivity (Wildman–Crippen MR) is 59.8 cm³/mol. The lowest BCUT2D eigenvalue weighted by molar-refractivity contribution is 0.300. The Hall–Kier alpha value is -0.970. The van der Waals surface area contributed by atoms with E-state index in [1.54, 1.807) is 12.1 Å². The second kappa shape index (κ2) is 5.80. The molecule has 15 heavy (non-hydrogen) atoms. The molecule has 1 rings (SSSR count). The minimum Gasteiger partial charge on any atom is -0.329 e. The monoisotopic (exact) mass is 211 g/mol. The van der Waals surface area contributed by atoms with E-state index in [2.05, 4.69) is 0 Å². The first-order valence-corrected chi connectivity index (χ1v) is 5.01. The number of hydrogen-bond donors (Lipinski definition) is 2. The maximum absolute atomic E-state index is 13.3. The summed E-state index contributed by atoms with van der Waals surface area (Å²) in [5.74, 6) is -0.175. The van der Waals surface area contributed by atoms with Crippen LogP contribution in [0.2, 0.25) is 0 Å². The van der Waals surface area contributed by atoms with Crippen LogP contribution in [0.15, 0.2) is 24.3 Å². The molecule has 1 atom stereocenters. The molecule has 0 aromatic heterocycles. The van der Waals surface area contributed by atoms with E-state index in [1.807, 2.05) is 18.0 Å². The molecule has 0 radical (unpaired) electrons. The van der Waals surface area contributed by atoms with Crippen LogP contribution in [0.4, 0.5) is 4.39 Å². The molecule has 4 heteroatoms. The molecule has 4 N–H and O–H groups in total. The first-order valence-electron chi connectivity index (χ1n) is 5.01. The Morgan fingerprint density at radius 2 is 2.07 bits per heavy atom. The van der Waals surface area contributed by atoms with E-state index in [0.29, 0.717) is 25.2 Å². The second-order valence-corrected chi connectivity index (χ2v) is 3.78. The number of hydrogen-bond acceptors (Lipinski definition) is 3. The van der Waals surface area contributed by atoms with Gasteiger partial charge in [-0.15, -0.1) is 0 Å². The Bertz CT molecular complexity index is 304. The fourth-order valence-corrected chi connectivity index (χ4v) is 1.46.